The Balaban J connectivity index is 2.42. The molecule has 0 spiro atoms. The quantitative estimate of drug-likeness (QED) is 0.658. The van der Waals surface area contributed by atoms with Crippen LogP contribution in [-0.4, -0.2) is 0 Å². The minimum absolute atomic E-state index is 0.448. The van der Waals surface area contributed by atoms with E-state index >= 15 is 0 Å². The van der Waals surface area contributed by atoms with Crippen LogP contribution in [0.4, 0.5) is 5.69 Å². The lowest BCUT2D eigenvalue weighted by Gasteiger charge is -2.05. The summed E-state index contributed by atoms with van der Waals surface area (Å²) in [5.74, 6) is 0. The van der Waals surface area contributed by atoms with Crippen LogP contribution in [-0.2, 0) is 5.41 Å². The minimum Gasteiger partial charge on any atom is -0.398 e. The van der Waals surface area contributed by atoms with Crippen molar-refractivity contribution in [3.8, 4) is 0 Å². The summed E-state index contributed by atoms with van der Waals surface area (Å²) in [6.45, 7) is 2.28. The van der Waals surface area contributed by atoms with Crippen molar-refractivity contribution in [1.82, 2.24) is 0 Å². The fraction of sp³-hybridized carbons (Fsp3) is 0.500. The lowest BCUT2D eigenvalue weighted by molar-refractivity contribution is 0.795. The summed E-state index contributed by atoms with van der Waals surface area (Å²) < 4.78 is 0. The van der Waals surface area contributed by atoms with E-state index in [0.29, 0.717) is 5.41 Å². The molecule has 1 fully saturated rings. The monoisotopic (exact) mass is 153 g/mol. The first kappa shape index (κ1) is 6.23. The third-order valence-corrected chi connectivity index (χ3v) is 3.10. The fourth-order valence-corrected chi connectivity index (χ4v) is 2.15. The first-order chi connectivity index (χ1) is 4.72. The summed E-state index contributed by atoms with van der Waals surface area (Å²) in [7, 11) is 0. The molecule has 0 radical (unpaired) electrons. The van der Waals surface area contributed by atoms with Crippen LogP contribution in [0.3, 0.4) is 0 Å². The smallest absolute Gasteiger partial charge is 0.0460 e. The molecule has 0 aliphatic heterocycles. The van der Waals surface area contributed by atoms with Crippen LogP contribution in [0.2, 0.25) is 0 Å². The molecule has 0 bridgehead atoms. The highest BCUT2D eigenvalue weighted by atomic mass is 32.1. The zero-order valence-electron chi connectivity index (χ0n) is 6.05. The van der Waals surface area contributed by atoms with Crippen molar-refractivity contribution in [2.24, 2.45) is 0 Å². The summed E-state index contributed by atoms with van der Waals surface area (Å²) in [4.78, 5) is 0. The fourth-order valence-electron chi connectivity index (χ4n) is 1.25. The SMILES string of the molecule is CC1(c2cscc2N)CC1. The van der Waals surface area contributed by atoms with Gasteiger partial charge in [-0.2, -0.15) is 0 Å². The average molecular weight is 153 g/mol. The van der Waals surface area contributed by atoms with Crippen LogP contribution in [0, 0.1) is 0 Å². The van der Waals surface area contributed by atoms with E-state index < -0.39 is 0 Å². The lowest BCUT2D eigenvalue weighted by Crippen LogP contribution is -2.00. The van der Waals surface area contributed by atoms with Gasteiger partial charge in [-0.3, -0.25) is 0 Å². The summed E-state index contributed by atoms with van der Waals surface area (Å²) in [5.41, 5.74) is 8.59. The molecule has 2 rings (SSSR count). The van der Waals surface area contributed by atoms with Gasteiger partial charge in [0.05, 0.1) is 0 Å². The number of anilines is 1. The van der Waals surface area contributed by atoms with E-state index in [2.05, 4.69) is 12.3 Å². The van der Waals surface area contributed by atoms with Gasteiger partial charge in [-0.15, -0.1) is 11.3 Å². The molecule has 1 saturated carbocycles. The Morgan fingerprint density at radius 1 is 1.50 bits per heavy atom. The molecular weight excluding hydrogens is 142 g/mol. The maximum atomic E-state index is 5.78. The predicted octanol–water partition coefficient (Wildman–Crippen LogP) is 2.38. The van der Waals surface area contributed by atoms with Gasteiger partial charge in [-0.05, 0) is 29.2 Å². The molecule has 0 aromatic carbocycles. The van der Waals surface area contributed by atoms with Gasteiger partial charge >= 0.3 is 0 Å². The molecule has 2 heteroatoms. The normalized spacial score (nSPS) is 20.9. The van der Waals surface area contributed by atoms with Gasteiger partial charge in [-0.1, -0.05) is 6.92 Å². The zero-order valence-corrected chi connectivity index (χ0v) is 6.87. The van der Waals surface area contributed by atoms with Gasteiger partial charge in [0, 0.05) is 11.1 Å². The van der Waals surface area contributed by atoms with Crippen molar-refractivity contribution in [3.05, 3.63) is 16.3 Å². The van der Waals surface area contributed by atoms with Crippen LogP contribution < -0.4 is 5.73 Å². The number of hydrogen-bond acceptors (Lipinski definition) is 2. The van der Waals surface area contributed by atoms with Gasteiger partial charge in [0.25, 0.3) is 0 Å². The van der Waals surface area contributed by atoms with Gasteiger partial charge < -0.3 is 5.73 Å². The first-order valence-corrected chi connectivity index (χ1v) is 4.49. The molecule has 54 valence electrons. The molecule has 1 heterocycles. The van der Waals surface area contributed by atoms with E-state index in [-0.39, 0.29) is 0 Å². The number of nitrogens with two attached hydrogens (primary N) is 1. The molecule has 1 aliphatic carbocycles. The number of rotatable bonds is 1. The second-order valence-corrected chi connectivity index (χ2v) is 4.05. The third-order valence-electron chi connectivity index (χ3n) is 2.34. The largest absolute Gasteiger partial charge is 0.398 e. The Morgan fingerprint density at radius 3 is 2.60 bits per heavy atom. The summed E-state index contributed by atoms with van der Waals surface area (Å²) >= 11 is 1.71. The zero-order chi connectivity index (χ0) is 7.19. The van der Waals surface area contributed by atoms with Gasteiger partial charge in [0.2, 0.25) is 0 Å². The highest BCUT2D eigenvalue weighted by Gasteiger charge is 2.40. The van der Waals surface area contributed by atoms with Crippen LogP contribution in [0.5, 0.6) is 0 Å². The Kier molecular flexibility index (Phi) is 1.09. The predicted molar refractivity (Wildman–Crippen MR) is 45.3 cm³/mol. The van der Waals surface area contributed by atoms with Crippen LogP contribution in [0.1, 0.15) is 25.3 Å². The number of nitrogen functional groups attached to an aromatic ring is 1. The summed E-state index contributed by atoms with van der Waals surface area (Å²) in [6, 6.07) is 0. The van der Waals surface area contributed by atoms with E-state index in [1.165, 1.54) is 18.4 Å². The summed E-state index contributed by atoms with van der Waals surface area (Å²) in [5, 5.41) is 4.21. The minimum atomic E-state index is 0.448. The lowest BCUT2D eigenvalue weighted by atomic mass is 10.0. The Morgan fingerprint density at radius 2 is 2.20 bits per heavy atom. The van der Waals surface area contributed by atoms with E-state index in [4.69, 9.17) is 5.73 Å². The molecule has 1 aliphatic rings. The van der Waals surface area contributed by atoms with Crippen molar-refractivity contribution in [2.45, 2.75) is 25.2 Å². The second kappa shape index (κ2) is 1.76. The van der Waals surface area contributed by atoms with Crippen molar-refractivity contribution in [1.29, 1.82) is 0 Å². The molecule has 0 unspecified atom stereocenters. The van der Waals surface area contributed by atoms with Gasteiger partial charge in [0.1, 0.15) is 0 Å². The van der Waals surface area contributed by atoms with E-state index in [1.54, 1.807) is 11.3 Å². The third kappa shape index (κ3) is 0.754. The molecule has 1 aromatic rings. The van der Waals surface area contributed by atoms with Crippen molar-refractivity contribution < 1.29 is 0 Å². The standard InChI is InChI=1S/C8H11NS/c1-8(2-3-8)6-4-10-5-7(6)9/h4-5H,2-3,9H2,1H3. The Hall–Kier alpha value is -0.500. The Labute approximate surface area is 64.9 Å². The van der Waals surface area contributed by atoms with Crippen LogP contribution in [0.25, 0.3) is 0 Å². The van der Waals surface area contributed by atoms with Gasteiger partial charge in [-0.25, -0.2) is 0 Å². The Bertz CT molecular complexity index is 248. The maximum Gasteiger partial charge on any atom is 0.0460 e. The molecule has 1 aromatic heterocycles. The number of thiophene rings is 1. The molecule has 0 saturated heterocycles. The first-order valence-electron chi connectivity index (χ1n) is 3.54. The van der Waals surface area contributed by atoms with E-state index in [9.17, 15) is 0 Å². The van der Waals surface area contributed by atoms with Crippen molar-refractivity contribution in [3.63, 3.8) is 0 Å². The molecule has 0 amide bonds. The second-order valence-electron chi connectivity index (χ2n) is 3.30. The number of hydrogen-bond donors (Lipinski definition) is 1. The van der Waals surface area contributed by atoms with Crippen LogP contribution >= 0.6 is 11.3 Å². The highest BCUT2D eigenvalue weighted by Crippen LogP contribution is 2.50. The highest BCUT2D eigenvalue weighted by molar-refractivity contribution is 7.08. The molecule has 10 heavy (non-hydrogen) atoms. The summed E-state index contributed by atoms with van der Waals surface area (Å²) in [6.07, 6.45) is 2.63. The molecule has 1 nitrogen and oxygen atoms in total. The van der Waals surface area contributed by atoms with Gasteiger partial charge in [0.15, 0.2) is 0 Å². The van der Waals surface area contributed by atoms with Crippen molar-refractivity contribution in [2.75, 3.05) is 5.73 Å². The van der Waals surface area contributed by atoms with E-state index in [1.807, 2.05) is 5.38 Å². The van der Waals surface area contributed by atoms with Crippen LogP contribution in [0.15, 0.2) is 10.8 Å². The molecular formula is C8H11NS. The topological polar surface area (TPSA) is 26.0 Å². The maximum absolute atomic E-state index is 5.78. The molecule has 0 atom stereocenters. The average Bonchev–Trinajstić information content (AvgIpc) is 2.44. The van der Waals surface area contributed by atoms with E-state index in [0.717, 1.165) is 5.69 Å². The van der Waals surface area contributed by atoms with Crippen molar-refractivity contribution >= 4 is 17.0 Å². The molecule has 2 N–H and O–H groups in total.